The number of ether oxygens (including phenoxy) is 1. The Morgan fingerprint density at radius 2 is 2.14 bits per heavy atom. The molecule has 6 nitrogen and oxygen atoms in total. The van der Waals surface area contributed by atoms with Gasteiger partial charge in [0.2, 0.25) is 0 Å². The first-order chi connectivity index (χ1) is 9.34. The van der Waals surface area contributed by atoms with Crippen molar-refractivity contribution in [3.05, 3.63) is 23.8 Å². The molecule has 0 fully saturated rings. The standard InChI is InChI=1S/C14H19N3O3.ClH/c1-8-12(18)16-10-6-4-5-9(11(10)20-8)13(19)17-14(2,3)7-15;/h4-6,8H,7,15H2,1-3H3,(H,16,18)(H,17,19);1H. The van der Waals surface area contributed by atoms with E-state index in [0.29, 0.717) is 23.5 Å². The normalized spacial score (nSPS) is 17.0. The number of anilines is 1. The van der Waals surface area contributed by atoms with E-state index in [-0.39, 0.29) is 24.2 Å². The number of fused-ring (bicyclic) bond motifs is 1. The average molecular weight is 314 g/mol. The maximum Gasteiger partial charge on any atom is 0.265 e. The zero-order valence-corrected chi connectivity index (χ0v) is 13.0. The van der Waals surface area contributed by atoms with Gasteiger partial charge in [0.15, 0.2) is 11.9 Å². The van der Waals surface area contributed by atoms with E-state index < -0.39 is 11.6 Å². The Morgan fingerprint density at radius 1 is 1.48 bits per heavy atom. The van der Waals surface area contributed by atoms with Gasteiger partial charge >= 0.3 is 0 Å². The van der Waals surface area contributed by atoms with Crippen molar-refractivity contribution in [1.82, 2.24) is 5.32 Å². The van der Waals surface area contributed by atoms with E-state index in [2.05, 4.69) is 10.6 Å². The minimum absolute atomic E-state index is 0. The number of amides is 2. The highest BCUT2D eigenvalue weighted by Gasteiger charge is 2.29. The fraction of sp³-hybridized carbons (Fsp3) is 0.429. The zero-order valence-electron chi connectivity index (χ0n) is 12.2. The quantitative estimate of drug-likeness (QED) is 0.784. The molecule has 0 bridgehead atoms. The summed E-state index contributed by atoms with van der Waals surface area (Å²) in [6.07, 6.45) is -0.626. The summed E-state index contributed by atoms with van der Waals surface area (Å²) in [6, 6.07) is 5.05. The number of para-hydroxylation sites is 1. The largest absolute Gasteiger partial charge is 0.478 e. The molecule has 1 aliphatic heterocycles. The summed E-state index contributed by atoms with van der Waals surface area (Å²) < 4.78 is 5.54. The molecule has 1 aromatic carbocycles. The van der Waals surface area contributed by atoms with Gasteiger partial charge in [-0.05, 0) is 32.9 Å². The summed E-state index contributed by atoms with van der Waals surface area (Å²) in [5.74, 6) is -0.108. The lowest BCUT2D eigenvalue weighted by Crippen LogP contribution is -2.49. The maximum atomic E-state index is 12.3. The lowest BCUT2D eigenvalue weighted by molar-refractivity contribution is -0.122. The van der Waals surface area contributed by atoms with Crippen LogP contribution in [0.3, 0.4) is 0 Å². The highest BCUT2D eigenvalue weighted by atomic mass is 35.5. The molecule has 1 atom stereocenters. The SMILES string of the molecule is CC1Oc2c(cccc2C(=O)NC(C)(C)CN)NC1=O.Cl. The fourth-order valence-corrected chi connectivity index (χ4v) is 1.83. The average Bonchev–Trinajstić information content (AvgIpc) is 2.39. The van der Waals surface area contributed by atoms with Crippen LogP contribution in [0.15, 0.2) is 18.2 Å². The first-order valence-corrected chi connectivity index (χ1v) is 6.47. The Hall–Kier alpha value is -1.79. The minimum atomic E-state index is -0.626. The lowest BCUT2D eigenvalue weighted by Gasteiger charge is -2.27. The molecule has 0 saturated carbocycles. The molecule has 0 saturated heterocycles. The van der Waals surface area contributed by atoms with Gasteiger partial charge in [0.25, 0.3) is 11.8 Å². The van der Waals surface area contributed by atoms with Crippen molar-refractivity contribution in [1.29, 1.82) is 0 Å². The third-order valence-electron chi connectivity index (χ3n) is 3.14. The molecule has 4 N–H and O–H groups in total. The van der Waals surface area contributed by atoms with Gasteiger partial charge in [0.05, 0.1) is 11.3 Å². The van der Waals surface area contributed by atoms with Gasteiger partial charge < -0.3 is 21.1 Å². The molecule has 7 heteroatoms. The molecule has 0 radical (unpaired) electrons. The molecule has 1 aliphatic rings. The van der Waals surface area contributed by atoms with Crippen LogP contribution in [0.2, 0.25) is 0 Å². The molecular weight excluding hydrogens is 294 g/mol. The van der Waals surface area contributed by atoms with E-state index in [9.17, 15) is 9.59 Å². The highest BCUT2D eigenvalue weighted by Crippen LogP contribution is 2.33. The van der Waals surface area contributed by atoms with Crippen LogP contribution >= 0.6 is 12.4 Å². The summed E-state index contributed by atoms with van der Waals surface area (Å²) in [6.45, 7) is 5.63. The van der Waals surface area contributed by atoms with Crippen LogP contribution in [-0.4, -0.2) is 30.0 Å². The van der Waals surface area contributed by atoms with E-state index in [1.54, 1.807) is 25.1 Å². The van der Waals surface area contributed by atoms with Crippen LogP contribution in [0.4, 0.5) is 5.69 Å². The van der Waals surface area contributed by atoms with Crippen LogP contribution < -0.4 is 21.1 Å². The molecule has 1 unspecified atom stereocenters. The summed E-state index contributed by atoms with van der Waals surface area (Å²) in [5.41, 5.74) is 5.99. The second-order valence-electron chi connectivity index (χ2n) is 5.47. The third-order valence-corrected chi connectivity index (χ3v) is 3.14. The summed E-state index contributed by atoms with van der Waals surface area (Å²) in [5, 5.41) is 5.55. The fourth-order valence-electron chi connectivity index (χ4n) is 1.83. The number of hydrogen-bond donors (Lipinski definition) is 3. The van der Waals surface area contributed by atoms with Gasteiger partial charge in [-0.1, -0.05) is 6.07 Å². The number of carbonyl (C=O) groups excluding carboxylic acids is 2. The van der Waals surface area contributed by atoms with E-state index in [0.717, 1.165) is 0 Å². The number of hydrogen-bond acceptors (Lipinski definition) is 4. The van der Waals surface area contributed by atoms with Crippen molar-refractivity contribution in [2.45, 2.75) is 32.4 Å². The molecule has 1 aromatic rings. The molecule has 0 aromatic heterocycles. The Kier molecular flexibility index (Phi) is 5.20. The molecule has 0 spiro atoms. The number of benzene rings is 1. The topological polar surface area (TPSA) is 93.4 Å². The minimum Gasteiger partial charge on any atom is -0.478 e. The van der Waals surface area contributed by atoms with Crippen molar-refractivity contribution in [3.63, 3.8) is 0 Å². The molecule has 1 heterocycles. The second-order valence-corrected chi connectivity index (χ2v) is 5.47. The Bertz CT molecular complexity index is 560. The highest BCUT2D eigenvalue weighted by molar-refractivity contribution is 6.04. The monoisotopic (exact) mass is 313 g/mol. The molecular formula is C14H20ClN3O3. The van der Waals surface area contributed by atoms with Gasteiger partial charge in [-0.15, -0.1) is 12.4 Å². The van der Waals surface area contributed by atoms with Gasteiger partial charge in [0, 0.05) is 12.1 Å². The number of carbonyl (C=O) groups is 2. The first-order valence-electron chi connectivity index (χ1n) is 6.47. The predicted molar refractivity (Wildman–Crippen MR) is 83.0 cm³/mol. The van der Waals surface area contributed by atoms with Gasteiger partial charge in [-0.25, -0.2) is 0 Å². The van der Waals surface area contributed by atoms with Crippen molar-refractivity contribution in [2.24, 2.45) is 5.73 Å². The summed E-state index contributed by atoms with van der Waals surface area (Å²) in [4.78, 5) is 23.9. The number of nitrogens with two attached hydrogens (primary N) is 1. The second kappa shape index (κ2) is 6.32. The number of halogens is 1. The Morgan fingerprint density at radius 3 is 2.76 bits per heavy atom. The smallest absolute Gasteiger partial charge is 0.265 e. The van der Waals surface area contributed by atoms with Crippen LogP contribution in [-0.2, 0) is 4.79 Å². The summed E-state index contributed by atoms with van der Waals surface area (Å²) >= 11 is 0. The van der Waals surface area contributed by atoms with E-state index in [4.69, 9.17) is 10.5 Å². The molecule has 2 rings (SSSR count). The van der Waals surface area contributed by atoms with Crippen LogP contribution in [0, 0.1) is 0 Å². The number of rotatable bonds is 3. The van der Waals surface area contributed by atoms with E-state index >= 15 is 0 Å². The van der Waals surface area contributed by atoms with Crippen LogP contribution in [0.25, 0.3) is 0 Å². The molecule has 21 heavy (non-hydrogen) atoms. The lowest BCUT2D eigenvalue weighted by atomic mass is 10.0. The Balaban J connectivity index is 0.00000220. The van der Waals surface area contributed by atoms with Crippen LogP contribution in [0.1, 0.15) is 31.1 Å². The van der Waals surface area contributed by atoms with Crippen LogP contribution in [0.5, 0.6) is 5.75 Å². The number of nitrogens with one attached hydrogen (secondary N) is 2. The van der Waals surface area contributed by atoms with Crippen molar-refractivity contribution in [2.75, 3.05) is 11.9 Å². The zero-order chi connectivity index (χ0) is 14.9. The van der Waals surface area contributed by atoms with Gasteiger partial charge in [-0.2, -0.15) is 0 Å². The Labute approximate surface area is 129 Å². The van der Waals surface area contributed by atoms with E-state index in [1.807, 2.05) is 13.8 Å². The first kappa shape index (κ1) is 17.3. The third kappa shape index (κ3) is 3.65. The van der Waals surface area contributed by atoms with Gasteiger partial charge in [0.1, 0.15) is 0 Å². The van der Waals surface area contributed by atoms with Crippen molar-refractivity contribution >= 4 is 29.9 Å². The van der Waals surface area contributed by atoms with E-state index in [1.165, 1.54) is 0 Å². The summed E-state index contributed by atoms with van der Waals surface area (Å²) in [7, 11) is 0. The molecule has 2 amide bonds. The van der Waals surface area contributed by atoms with Crippen molar-refractivity contribution in [3.8, 4) is 5.75 Å². The van der Waals surface area contributed by atoms with Crippen molar-refractivity contribution < 1.29 is 14.3 Å². The maximum absolute atomic E-state index is 12.3. The predicted octanol–water partition coefficient (Wildman–Crippen LogP) is 1.29. The van der Waals surface area contributed by atoms with Gasteiger partial charge in [-0.3, -0.25) is 9.59 Å². The molecule has 116 valence electrons. The molecule has 0 aliphatic carbocycles.